The number of carbonyl (C=O) groups excluding carboxylic acids is 1. The number of thioether (sulfide) groups is 1. The molecule has 0 aromatic heterocycles. The van der Waals surface area contributed by atoms with Crippen LogP contribution in [0.2, 0.25) is 0 Å². The molecule has 0 aromatic rings. The van der Waals surface area contributed by atoms with E-state index >= 15 is 0 Å². The van der Waals surface area contributed by atoms with Gasteiger partial charge in [0, 0.05) is 12.2 Å². The van der Waals surface area contributed by atoms with Crippen molar-refractivity contribution in [2.45, 2.75) is 13.3 Å². The van der Waals surface area contributed by atoms with Gasteiger partial charge in [-0.2, -0.15) is 0 Å². The number of hydrogen-bond acceptors (Lipinski definition) is 2. The van der Waals surface area contributed by atoms with Crippen molar-refractivity contribution in [2.75, 3.05) is 5.75 Å². The summed E-state index contributed by atoms with van der Waals surface area (Å²) in [5, 5.41) is 0.241. The van der Waals surface area contributed by atoms with Gasteiger partial charge in [-0.15, -0.1) is 6.58 Å². The van der Waals surface area contributed by atoms with E-state index in [1.807, 2.05) is 6.92 Å². The van der Waals surface area contributed by atoms with Crippen LogP contribution in [0.3, 0.4) is 0 Å². The maximum Gasteiger partial charge on any atom is 1.00 e. The molecule has 0 heterocycles. The van der Waals surface area contributed by atoms with Gasteiger partial charge < -0.3 is 1.43 Å². The Hall–Kier alpha value is 0.760. The molecule has 9 heavy (non-hydrogen) atoms. The third-order valence-electron chi connectivity index (χ3n) is 0.651. The molecule has 0 aliphatic heterocycles. The van der Waals surface area contributed by atoms with Crippen molar-refractivity contribution in [1.29, 1.82) is 0 Å². The molecule has 0 aliphatic rings. The Kier molecular flexibility index (Phi) is 12.1. The number of hydrogen-bond donors (Lipinski definition) is 0. The summed E-state index contributed by atoms with van der Waals surface area (Å²) in [6.45, 7) is 5.35. The molecule has 0 fully saturated rings. The van der Waals surface area contributed by atoms with E-state index in [2.05, 4.69) is 6.58 Å². The fourth-order valence-corrected chi connectivity index (χ4v) is 0.762. The van der Waals surface area contributed by atoms with Crippen molar-refractivity contribution in [1.82, 2.24) is 0 Å². The van der Waals surface area contributed by atoms with E-state index in [1.165, 1.54) is 11.8 Å². The fraction of sp³-hybridized carbons (Fsp3) is 0.500. The molecule has 0 rings (SSSR count). The van der Waals surface area contributed by atoms with Crippen LogP contribution in [-0.2, 0) is 4.79 Å². The molecule has 0 saturated carbocycles. The topological polar surface area (TPSA) is 17.1 Å². The van der Waals surface area contributed by atoms with Crippen molar-refractivity contribution in [3.8, 4) is 0 Å². The zero-order valence-corrected chi connectivity index (χ0v) is 8.83. The third-order valence-corrected chi connectivity index (χ3v) is 1.66. The molecule has 0 radical (unpaired) electrons. The molecule has 0 amide bonds. The average molecular weight is 154 g/mol. The van der Waals surface area contributed by atoms with Crippen LogP contribution in [0.4, 0.5) is 0 Å². The van der Waals surface area contributed by atoms with Crippen LogP contribution < -0.4 is 29.6 Å². The van der Waals surface area contributed by atoms with Crippen LogP contribution in [0.25, 0.3) is 0 Å². The molecular weight excluding hydrogens is 143 g/mol. The molecule has 1 nitrogen and oxygen atoms in total. The van der Waals surface area contributed by atoms with E-state index < -0.39 is 0 Å². The zero-order valence-electron chi connectivity index (χ0n) is 7.02. The zero-order chi connectivity index (χ0) is 6.41. The van der Waals surface area contributed by atoms with E-state index in [-0.39, 0.29) is 36.1 Å². The fourth-order valence-electron chi connectivity index (χ4n) is 0.254. The van der Waals surface area contributed by atoms with Gasteiger partial charge in [0.15, 0.2) is 5.12 Å². The van der Waals surface area contributed by atoms with E-state index in [9.17, 15) is 4.79 Å². The molecule has 0 atom stereocenters. The van der Waals surface area contributed by atoms with E-state index in [1.54, 1.807) is 6.08 Å². The minimum atomic E-state index is 0. The summed E-state index contributed by atoms with van der Waals surface area (Å²) < 4.78 is 0. The Morgan fingerprint density at radius 3 is 2.78 bits per heavy atom. The molecular formula is C6H11NaOS. The van der Waals surface area contributed by atoms with Gasteiger partial charge in [0.25, 0.3) is 0 Å². The van der Waals surface area contributed by atoms with Gasteiger partial charge in [-0.25, -0.2) is 0 Å². The summed E-state index contributed by atoms with van der Waals surface area (Å²) in [5.41, 5.74) is 0. The largest absolute Gasteiger partial charge is 1.00 e. The summed E-state index contributed by atoms with van der Waals surface area (Å²) in [6.07, 6.45) is 2.36. The standard InChI is InChI=1S/C6H10OS.Na.H/c1-3-5-8-6(7)4-2;;/h3H,1,4-5H2,2H3;;/q;+1;-1. The molecule has 0 saturated heterocycles. The van der Waals surface area contributed by atoms with Gasteiger partial charge in [0.05, 0.1) is 0 Å². The van der Waals surface area contributed by atoms with Crippen LogP contribution in [0, 0.1) is 0 Å². The summed E-state index contributed by atoms with van der Waals surface area (Å²) in [7, 11) is 0. The molecule has 0 N–H and O–H groups in total. The summed E-state index contributed by atoms with van der Waals surface area (Å²) in [4.78, 5) is 10.5. The molecule has 0 spiro atoms. The van der Waals surface area contributed by atoms with Gasteiger partial charge in [0.2, 0.25) is 0 Å². The van der Waals surface area contributed by atoms with Crippen molar-refractivity contribution >= 4 is 16.9 Å². The van der Waals surface area contributed by atoms with Crippen LogP contribution in [-0.4, -0.2) is 10.9 Å². The van der Waals surface area contributed by atoms with Gasteiger partial charge >= 0.3 is 29.6 Å². The monoisotopic (exact) mass is 154 g/mol. The Morgan fingerprint density at radius 1 is 1.89 bits per heavy atom. The summed E-state index contributed by atoms with van der Waals surface area (Å²) in [5.74, 6) is 0.743. The van der Waals surface area contributed by atoms with Crippen molar-refractivity contribution in [3.05, 3.63) is 12.7 Å². The summed E-state index contributed by atoms with van der Waals surface area (Å²) in [6, 6.07) is 0. The quantitative estimate of drug-likeness (QED) is 0.381. The smallest absolute Gasteiger partial charge is 1.00 e. The first kappa shape index (κ1) is 12.4. The van der Waals surface area contributed by atoms with Crippen molar-refractivity contribution in [3.63, 3.8) is 0 Å². The van der Waals surface area contributed by atoms with Gasteiger partial charge in [-0.3, -0.25) is 4.79 Å². The molecule has 3 heteroatoms. The first-order valence-corrected chi connectivity index (χ1v) is 3.56. The second-order valence-corrected chi connectivity index (χ2v) is 2.40. The molecule has 0 bridgehead atoms. The Balaban J connectivity index is -0.000000245. The van der Waals surface area contributed by atoms with Gasteiger partial charge in [-0.1, -0.05) is 24.8 Å². The first-order valence-electron chi connectivity index (χ1n) is 2.57. The third kappa shape index (κ3) is 8.76. The first-order chi connectivity index (χ1) is 3.81. The Bertz CT molecular complexity index is 97.7. The average Bonchev–Trinajstić information content (AvgIpc) is 1.83. The Labute approximate surface area is 84.1 Å². The van der Waals surface area contributed by atoms with Crippen molar-refractivity contribution in [2.24, 2.45) is 0 Å². The minimum absolute atomic E-state index is 0. The second kappa shape index (κ2) is 8.76. The number of carbonyl (C=O) groups is 1. The van der Waals surface area contributed by atoms with E-state index in [4.69, 9.17) is 0 Å². The van der Waals surface area contributed by atoms with Crippen molar-refractivity contribution < 1.29 is 35.8 Å². The van der Waals surface area contributed by atoms with Gasteiger partial charge in [0.1, 0.15) is 0 Å². The number of rotatable bonds is 3. The van der Waals surface area contributed by atoms with Crippen LogP contribution in [0.15, 0.2) is 12.7 Å². The molecule has 0 aliphatic carbocycles. The normalized spacial score (nSPS) is 7.67. The molecule has 0 aromatic carbocycles. The van der Waals surface area contributed by atoms with E-state index in [0.29, 0.717) is 6.42 Å². The second-order valence-electron chi connectivity index (χ2n) is 1.33. The van der Waals surface area contributed by atoms with Crippen LogP contribution in [0.1, 0.15) is 14.8 Å². The predicted molar refractivity (Wildman–Crippen MR) is 39.1 cm³/mol. The molecule has 0 unspecified atom stereocenters. The maximum atomic E-state index is 10.5. The Morgan fingerprint density at radius 2 is 2.44 bits per heavy atom. The summed E-state index contributed by atoms with van der Waals surface area (Å²) >= 11 is 1.32. The molecule has 48 valence electrons. The van der Waals surface area contributed by atoms with Crippen LogP contribution >= 0.6 is 11.8 Å². The predicted octanol–water partition coefficient (Wildman–Crippen LogP) is -1.04. The minimum Gasteiger partial charge on any atom is -1.00 e. The maximum absolute atomic E-state index is 10.5. The van der Waals surface area contributed by atoms with Gasteiger partial charge in [-0.05, 0) is 0 Å². The SMILES string of the molecule is C=CCSC(=O)CC.[H-].[Na+]. The van der Waals surface area contributed by atoms with Crippen LogP contribution in [0.5, 0.6) is 0 Å². The van der Waals surface area contributed by atoms with E-state index in [0.717, 1.165) is 5.75 Å².